The van der Waals surface area contributed by atoms with E-state index in [0.29, 0.717) is 16.6 Å². The summed E-state index contributed by atoms with van der Waals surface area (Å²) in [7, 11) is 0. The molecule has 1 N–H and O–H groups in total. The Morgan fingerprint density at radius 2 is 1.15 bits per heavy atom. The highest BCUT2D eigenvalue weighted by atomic mass is 79.9. The van der Waals surface area contributed by atoms with Crippen molar-refractivity contribution >= 4 is 21.9 Å². The average Bonchev–Trinajstić information content (AvgIpc) is 2.77. The summed E-state index contributed by atoms with van der Waals surface area (Å²) < 4.78 is 85.1. The van der Waals surface area contributed by atoms with E-state index < -0.39 is 51.9 Å². The summed E-state index contributed by atoms with van der Waals surface area (Å²) in [5, 5.41) is 19.8. The number of aliphatic carboxylic acids is 1. The molecule has 34 heavy (non-hydrogen) atoms. The van der Waals surface area contributed by atoms with Gasteiger partial charge in [0.05, 0.1) is 22.6 Å². The van der Waals surface area contributed by atoms with E-state index in [0.717, 1.165) is 36.4 Å². The number of nitriles is 1. The summed E-state index contributed by atoms with van der Waals surface area (Å²) in [4.78, 5) is 12.3. The summed E-state index contributed by atoms with van der Waals surface area (Å²) in [6.45, 7) is 0. The third-order valence-corrected chi connectivity index (χ3v) is 5.95. The molecule has 1 atom stereocenters. The van der Waals surface area contributed by atoms with E-state index in [9.17, 15) is 41.5 Å². The van der Waals surface area contributed by atoms with E-state index in [4.69, 9.17) is 0 Å². The lowest BCUT2D eigenvalue weighted by Gasteiger charge is -2.40. The highest BCUT2D eigenvalue weighted by Gasteiger charge is 2.54. The molecule has 3 rings (SSSR count). The predicted octanol–water partition coefficient (Wildman–Crippen LogP) is 7.05. The molecule has 3 aromatic carbocycles. The normalized spacial score (nSPS) is 13.2. The third-order valence-electron chi connectivity index (χ3n) is 5.42. The fraction of sp³-hybridized carbons (Fsp3) is 0.167. The van der Waals surface area contributed by atoms with Gasteiger partial charge in [-0.2, -0.15) is 31.6 Å². The highest BCUT2D eigenvalue weighted by Crippen LogP contribution is 2.52. The summed E-state index contributed by atoms with van der Waals surface area (Å²) in [6.07, 6.45) is -10.1. The molecule has 3 aromatic rings. The lowest BCUT2D eigenvalue weighted by atomic mass is 9.60. The van der Waals surface area contributed by atoms with Gasteiger partial charge in [-0.25, -0.2) is 0 Å². The molecule has 0 aromatic heterocycles. The molecule has 0 fully saturated rings. The molecule has 176 valence electrons. The molecule has 0 aliphatic rings. The van der Waals surface area contributed by atoms with Crippen molar-refractivity contribution in [2.75, 3.05) is 0 Å². The van der Waals surface area contributed by atoms with E-state index in [-0.39, 0.29) is 5.56 Å². The number of carboxylic acid groups (broad SMARTS) is 1. The summed E-state index contributed by atoms with van der Waals surface area (Å²) in [5.74, 6) is -4.22. The van der Waals surface area contributed by atoms with Gasteiger partial charge < -0.3 is 5.11 Å². The molecule has 10 heteroatoms. The predicted molar refractivity (Wildman–Crippen MR) is 114 cm³/mol. The Kier molecular flexibility index (Phi) is 6.80. The quantitative estimate of drug-likeness (QED) is 0.278. The Bertz CT molecular complexity index is 1190. The van der Waals surface area contributed by atoms with Gasteiger partial charge in [0, 0.05) is 4.47 Å². The lowest BCUT2D eigenvalue weighted by molar-refractivity contribution is -0.145. The van der Waals surface area contributed by atoms with Crippen LogP contribution in [0.5, 0.6) is 0 Å². The van der Waals surface area contributed by atoms with Gasteiger partial charge in [-0.15, -0.1) is 0 Å². The molecule has 0 spiro atoms. The number of rotatable bonds is 5. The Hall–Kier alpha value is -3.32. The smallest absolute Gasteiger partial charge is 0.416 e. The maximum atomic E-state index is 14.1. The number of alkyl halides is 6. The van der Waals surface area contributed by atoms with E-state index in [1.54, 1.807) is 0 Å². The van der Waals surface area contributed by atoms with Gasteiger partial charge in [0.1, 0.15) is 0 Å². The minimum Gasteiger partial charge on any atom is -0.480 e. The number of halogens is 7. The molecule has 0 saturated heterocycles. The van der Waals surface area contributed by atoms with Crippen molar-refractivity contribution in [2.24, 2.45) is 5.92 Å². The first-order chi connectivity index (χ1) is 15.8. The summed E-state index contributed by atoms with van der Waals surface area (Å²) in [6, 6.07) is 14.1. The van der Waals surface area contributed by atoms with Crippen molar-refractivity contribution in [2.45, 2.75) is 17.8 Å². The van der Waals surface area contributed by atoms with Gasteiger partial charge in [-0.05, 0) is 41.0 Å². The second-order valence-electron chi connectivity index (χ2n) is 7.30. The molecular weight excluding hydrogens is 528 g/mol. The average molecular weight is 542 g/mol. The Balaban J connectivity index is 2.68. The van der Waals surface area contributed by atoms with Crippen molar-refractivity contribution in [3.05, 3.63) is 105 Å². The van der Waals surface area contributed by atoms with E-state index in [2.05, 4.69) is 15.9 Å². The number of hydrogen-bond acceptors (Lipinski definition) is 2. The van der Waals surface area contributed by atoms with Crippen LogP contribution in [-0.4, -0.2) is 11.1 Å². The zero-order chi connectivity index (χ0) is 25.3. The van der Waals surface area contributed by atoms with Crippen LogP contribution in [0.25, 0.3) is 0 Å². The summed E-state index contributed by atoms with van der Waals surface area (Å²) in [5.41, 5.74) is -7.16. The van der Waals surface area contributed by atoms with E-state index in [1.165, 1.54) is 30.3 Å². The molecule has 0 radical (unpaired) electrons. The molecule has 0 aliphatic carbocycles. The monoisotopic (exact) mass is 541 g/mol. The van der Waals surface area contributed by atoms with Crippen LogP contribution in [0.4, 0.5) is 26.3 Å². The standard InChI is InChI=1S/C24H14BrF6NO2/c25-15-11-9-14(10-12-15)22(20(13-32)21(33)34,16-5-1-3-7-18(16)23(26,27)28)17-6-2-4-8-19(17)24(29,30)31/h1-12,20H,(H,33,34). The Morgan fingerprint density at radius 1 is 0.765 bits per heavy atom. The van der Waals surface area contributed by atoms with E-state index in [1.807, 2.05) is 0 Å². The molecule has 3 nitrogen and oxygen atoms in total. The van der Waals surface area contributed by atoms with Crippen molar-refractivity contribution in [1.82, 2.24) is 0 Å². The number of benzene rings is 3. The van der Waals surface area contributed by atoms with Crippen molar-refractivity contribution in [3.8, 4) is 6.07 Å². The number of nitrogens with zero attached hydrogens (tertiary/aromatic N) is 1. The van der Waals surface area contributed by atoms with Gasteiger partial charge in [0.2, 0.25) is 0 Å². The van der Waals surface area contributed by atoms with Crippen LogP contribution in [0.1, 0.15) is 27.8 Å². The fourth-order valence-corrected chi connectivity index (χ4v) is 4.40. The van der Waals surface area contributed by atoms with Crippen LogP contribution < -0.4 is 0 Å². The highest BCUT2D eigenvalue weighted by molar-refractivity contribution is 9.10. The second-order valence-corrected chi connectivity index (χ2v) is 8.22. The molecule has 0 amide bonds. The molecule has 1 unspecified atom stereocenters. The fourth-order valence-electron chi connectivity index (χ4n) is 4.13. The largest absolute Gasteiger partial charge is 0.480 e. The number of carboxylic acids is 1. The first-order valence-corrected chi connectivity index (χ1v) is 10.4. The minimum atomic E-state index is -5.05. The second kappa shape index (κ2) is 9.14. The third kappa shape index (κ3) is 4.40. The Labute approximate surface area is 198 Å². The van der Waals surface area contributed by atoms with Crippen LogP contribution in [0.3, 0.4) is 0 Å². The van der Waals surface area contributed by atoms with E-state index >= 15 is 0 Å². The minimum absolute atomic E-state index is 0.224. The SMILES string of the molecule is N#CC(C(=O)O)C(c1ccc(Br)cc1)(c1ccccc1C(F)(F)F)c1ccccc1C(F)(F)F. The van der Waals surface area contributed by atoms with Crippen LogP contribution in [0, 0.1) is 17.2 Å². The molecule has 0 heterocycles. The first kappa shape index (κ1) is 25.3. The van der Waals surface area contributed by atoms with Crippen LogP contribution in [0.2, 0.25) is 0 Å². The van der Waals surface area contributed by atoms with Gasteiger partial charge in [0.25, 0.3) is 0 Å². The zero-order valence-corrected chi connectivity index (χ0v) is 18.5. The summed E-state index contributed by atoms with van der Waals surface area (Å²) >= 11 is 3.16. The van der Waals surface area contributed by atoms with Crippen molar-refractivity contribution < 1.29 is 36.2 Å². The topological polar surface area (TPSA) is 61.1 Å². The number of carbonyl (C=O) groups is 1. The van der Waals surface area contributed by atoms with Gasteiger partial charge >= 0.3 is 18.3 Å². The van der Waals surface area contributed by atoms with Crippen molar-refractivity contribution in [3.63, 3.8) is 0 Å². The molecule has 0 aliphatic heterocycles. The van der Waals surface area contributed by atoms with Crippen LogP contribution >= 0.6 is 15.9 Å². The van der Waals surface area contributed by atoms with Gasteiger partial charge in [-0.1, -0.05) is 64.5 Å². The van der Waals surface area contributed by atoms with Crippen LogP contribution in [-0.2, 0) is 22.6 Å². The maximum absolute atomic E-state index is 14.1. The maximum Gasteiger partial charge on any atom is 0.416 e. The Morgan fingerprint density at radius 3 is 1.47 bits per heavy atom. The van der Waals surface area contributed by atoms with Crippen molar-refractivity contribution in [1.29, 1.82) is 5.26 Å². The van der Waals surface area contributed by atoms with Gasteiger partial charge in [0.15, 0.2) is 5.92 Å². The van der Waals surface area contributed by atoms with Crippen LogP contribution in [0.15, 0.2) is 77.3 Å². The number of hydrogen-bond donors (Lipinski definition) is 1. The molecular formula is C24H14BrF6NO2. The van der Waals surface area contributed by atoms with Gasteiger partial charge in [-0.3, -0.25) is 4.79 Å². The lowest BCUT2D eigenvalue weighted by Crippen LogP contribution is -2.44. The first-order valence-electron chi connectivity index (χ1n) is 9.57. The molecule has 0 bridgehead atoms. The molecule has 0 saturated carbocycles. The zero-order valence-electron chi connectivity index (χ0n) is 17.0.